The standard InChI is InChI=1S/C20H30F3N3O2/c1-3-25(14-11-20(21,22)23)19(27)24-15-17(26-12-7-4-8-13-26)16-9-5-6-10-18(16)28-2/h5-6,9-10,17H,3-4,7-8,11-15H2,1-2H3,(H,24,27)/t17-/m1/s1. The normalized spacial score (nSPS) is 16.5. The highest BCUT2D eigenvalue weighted by atomic mass is 19.4. The summed E-state index contributed by atoms with van der Waals surface area (Å²) in [5, 5.41) is 2.84. The van der Waals surface area contributed by atoms with Crippen LogP contribution in [0.25, 0.3) is 0 Å². The number of nitrogens with zero attached hydrogens (tertiary/aromatic N) is 2. The molecule has 2 amide bonds. The highest BCUT2D eigenvalue weighted by Gasteiger charge is 2.29. The zero-order valence-electron chi connectivity index (χ0n) is 16.6. The van der Waals surface area contributed by atoms with Gasteiger partial charge in [-0.05, 0) is 38.9 Å². The van der Waals surface area contributed by atoms with E-state index in [0.29, 0.717) is 6.54 Å². The Hall–Kier alpha value is -1.96. The summed E-state index contributed by atoms with van der Waals surface area (Å²) < 4.78 is 43.0. The second-order valence-electron chi connectivity index (χ2n) is 6.99. The Morgan fingerprint density at radius 1 is 1.25 bits per heavy atom. The van der Waals surface area contributed by atoms with Gasteiger partial charge in [-0.15, -0.1) is 0 Å². The first-order chi connectivity index (χ1) is 13.4. The van der Waals surface area contributed by atoms with Gasteiger partial charge in [-0.25, -0.2) is 4.79 Å². The largest absolute Gasteiger partial charge is 0.496 e. The molecule has 28 heavy (non-hydrogen) atoms. The molecule has 1 saturated heterocycles. The van der Waals surface area contributed by atoms with Crippen LogP contribution in [0.2, 0.25) is 0 Å². The van der Waals surface area contributed by atoms with Crippen molar-refractivity contribution in [2.75, 3.05) is 39.8 Å². The predicted molar refractivity (Wildman–Crippen MR) is 102 cm³/mol. The number of hydrogen-bond acceptors (Lipinski definition) is 3. The van der Waals surface area contributed by atoms with Gasteiger partial charge in [-0.1, -0.05) is 24.6 Å². The van der Waals surface area contributed by atoms with Crippen LogP contribution in [0.4, 0.5) is 18.0 Å². The van der Waals surface area contributed by atoms with Gasteiger partial charge in [-0.2, -0.15) is 13.2 Å². The number of urea groups is 1. The molecule has 5 nitrogen and oxygen atoms in total. The minimum absolute atomic E-state index is 0.0817. The maximum atomic E-state index is 12.5. The third-order valence-corrected chi connectivity index (χ3v) is 5.11. The first-order valence-electron chi connectivity index (χ1n) is 9.82. The number of ether oxygens (including phenoxy) is 1. The fourth-order valence-electron chi connectivity index (χ4n) is 3.57. The van der Waals surface area contributed by atoms with Crippen LogP contribution in [0.1, 0.15) is 44.2 Å². The van der Waals surface area contributed by atoms with Crippen LogP contribution in [-0.4, -0.2) is 61.8 Å². The Morgan fingerprint density at radius 3 is 2.54 bits per heavy atom. The molecule has 0 bridgehead atoms. The van der Waals surface area contributed by atoms with E-state index in [1.807, 2.05) is 24.3 Å². The smallest absolute Gasteiger partial charge is 0.390 e. The summed E-state index contributed by atoms with van der Waals surface area (Å²) in [6.45, 7) is 3.73. The number of likely N-dealkylation sites (tertiary alicyclic amines) is 1. The molecule has 2 rings (SSSR count). The molecule has 0 unspecified atom stereocenters. The number of carbonyl (C=O) groups excluding carboxylic acids is 1. The van der Waals surface area contributed by atoms with E-state index >= 15 is 0 Å². The zero-order valence-corrected chi connectivity index (χ0v) is 16.6. The molecule has 1 heterocycles. The Kier molecular flexibility index (Phi) is 8.41. The molecule has 0 radical (unpaired) electrons. The SMILES string of the molecule is CCN(CCC(F)(F)F)C(=O)NC[C@H](c1ccccc1OC)N1CCCCC1. The molecule has 8 heteroatoms. The van der Waals surface area contributed by atoms with Crippen LogP contribution in [0, 0.1) is 0 Å². The van der Waals surface area contributed by atoms with E-state index in [-0.39, 0.29) is 19.1 Å². The molecule has 1 aromatic carbocycles. The monoisotopic (exact) mass is 401 g/mol. The molecule has 0 spiro atoms. The Bertz CT molecular complexity index is 619. The number of piperidine rings is 1. The summed E-state index contributed by atoms with van der Waals surface area (Å²) in [6.07, 6.45) is -1.92. The first kappa shape index (κ1) is 22.3. The maximum absolute atomic E-state index is 12.5. The maximum Gasteiger partial charge on any atom is 0.390 e. The van der Waals surface area contributed by atoms with Crippen molar-refractivity contribution in [3.05, 3.63) is 29.8 Å². The molecule has 1 aliphatic heterocycles. The summed E-state index contributed by atoms with van der Waals surface area (Å²) in [4.78, 5) is 16.0. The van der Waals surface area contributed by atoms with Gasteiger partial charge in [0, 0.05) is 25.2 Å². The molecule has 0 aromatic heterocycles. The summed E-state index contributed by atoms with van der Waals surface area (Å²) in [6, 6.07) is 7.13. The van der Waals surface area contributed by atoms with Gasteiger partial charge in [0.2, 0.25) is 0 Å². The third-order valence-electron chi connectivity index (χ3n) is 5.11. The van der Waals surface area contributed by atoms with Crippen LogP contribution in [-0.2, 0) is 0 Å². The van der Waals surface area contributed by atoms with Gasteiger partial charge in [0.05, 0.1) is 19.6 Å². The number of rotatable bonds is 8. The molecule has 158 valence electrons. The number of nitrogens with one attached hydrogen (secondary N) is 1. The van der Waals surface area contributed by atoms with Gasteiger partial charge < -0.3 is 15.0 Å². The fourth-order valence-corrected chi connectivity index (χ4v) is 3.57. The van der Waals surface area contributed by atoms with Gasteiger partial charge >= 0.3 is 12.2 Å². The number of alkyl halides is 3. The Labute approximate surface area is 164 Å². The molecule has 1 aromatic rings. The zero-order chi connectivity index (χ0) is 20.6. The van der Waals surface area contributed by atoms with Crippen LogP contribution in [0.15, 0.2) is 24.3 Å². The number of hydrogen-bond donors (Lipinski definition) is 1. The number of amides is 2. The Morgan fingerprint density at radius 2 is 1.93 bits per heavy atom. The first-order valence-corrected chi connectivity index (χ1v) is 9.82. The molecular formula is C20H30F3N3O2. The minimum Gasteiger partial charge on any atom is -0.496 e. The summed E-state index contributed by atoms with van der Waals surface area (Å²) in [5.74, 6) is 0.747. The molecule has 1 fully saturated rings. The third kappa shape index (κ3) is 6.58. The van der Waals surface area contributed by atoms with E-state index in [2.05, 4.69) is 10.2 Å². The Balaban J connectivity index is 2.08. The van der Waals surface area contributed by atoms with E-state index in [4.69, 9.17) is 4.74 Å². The van der Waals surface area contributed by atoms with Gasteiger partial charge in [0.25, 0.3) is 0 Å². The van der Waals surface area contributed by atoms with Crippen molar-refractivity contribution >= 4 is 6.03 Å². The lowest BCUT2D eigenvalue weighted by atomic mass is 10.0. The average Bonchev–Trinajstić information content (AvgIpc) is 2.69. The number of halogens is 3. The van der Waals surface area contributed by atoms with E-state index in [9.17, 15) is 18.0 Å². The number of methoxy groups -OCH3 is 1. The van der Waals surface area contributed by atoms with Crippen molar-refractivity contribution < 1.29 is 22.7 Å². The number of carbonyl (C=O) groups is 1. The lowest BCUT2D eigenvalue weighted by Gasteiger charge is -2.36. The fraction of sp³-hybridized carbons (Fsp3) is 0.650. The molecule has 1 atom stereocenters. The van der Waals surface area contributed by atoms with Crippen molar-refractivity contribution in [1.82, 2.24) is 15.1 Å². The van der Waals surface area contributed by atoms with Crippen molar-refractivity contribution in [2.45, 2.75) is 44.8 Å². The summed E-state index contributed by atoms with van der Waals surface area (Å²) in [5.41, 5.74) is 0.977. The molecule has 0 aliphatic carbocycles. The van der Waals surface area contributed by atoms with Crippen LogP contribution >= 0.6 is 0 Å². The van der Waals surface area contributed by atoms with E-state index < -0.39 is 18.6 Å². The minimum atomic E-state index is -4.28. The summed E-state index contributed by atoms with van der Waals surface area (Å²) in [7, 11) is 1.61. The second kappa shape index (κ2) is 10.5. The van der Waals surface area contributed by atoms with E-state index in [1.165, 1.54) is 11.3 Å². The quantitative estimate of drug-likeness (QED) is 0.710. The van der Waals surface area contributed by atoms with Crippen molar-refractivity contribution in [2.24, 2.45) is 0 Å². The predicted octanol–water partition coefficient (Wildman–Crippen LogP) is 4.21. The lowest BCUT2D eigenvalue weighted by Crippen LogP contribution is -2.46. The topological polar surface area (TPSA) is 44.8 Å². The van der Waals surface area contributed by atoms with Crippen LogP contribution in [0.5, 0.6) is 5.75 Å². The van der Waals surface area contributed by atoms with Crippen LogP contribution in [0.3, 0.4) is 0 Å². The van der Waals surface area contributed by atoms with Gasteiger partial charge in [0.1, 0.15) is 5.75 Å². The highest BCUT2D eigenvalue weighted by molar-refractivity contribution is 5.74. The van der Waals surface area contributed by atoms with E-state index in [1.54, 1.807) is 14.0 Å². The highest BCUT2D eigenvalue weighted by Crippen LogP contribution is 2.31. The molecule has 1 aliphatic rings. The van der Waals surface area contributed by atoms with Crippen molar-refractivity contribution in [3.8, 4) is 5.75 Å². The molecule has 0 saturated carbocycles. The molecule has 1 N–H and O–H groups in total. The van der Waals surface area contributed by atoms with Crippen molar-refractivity contribution in [3.63, 3.8) is 0 Å². The van der Waals surface area contributed by atoms with Crippen molar-refractivity contribution in [1.29, 1.82) is 0 Å². The van der Waals surface area contributed by atoms with Crippen LogP contribution < -0.4 is 10.1 Å². The number of benzene rings is 1. The lowest BCUT2D eigenvalue weighted by molar-refractivity contribution is -0.136. The van der Waals surface area contributed by atoms with Gasteiger partial charge in [-0.3, -0.25) is 4.90 Å². The van der Waals surface area contributed by atoms with E-state index in [0.717, 1.165) is 37.2 Å². The number of para-hydroxylation sites is 1. The molecular weight excluding hydrogens is 371 g/mol. The van der Waals surface area contributed by atoms with Gasteiger partial charge in [0.15, 0.2) is 0 Å². The second-order valence-corrected chi connectivity index (χ2v) is 6.99. The summed E-state index contributed by atoms with van der Waals surface area (Å²) >= 11 is 0. The average molecular weight is 401 g/mol.